The molecule has 0 aliphatic carbocycles. The number of benzene rings is 2. The fourth-order valence-electron chi connectivity index (χ4n) is 2.61. The molecule has 6 heteroatoms. The van der Waals surface area contributed by atoms with E-state index in [-0.39, 0.29) is 11.9 Å². The molecule has 2 aromatic rings. The lowest BCUT2D eigenvalue weighted by atomic mass is 10.1. The van der Waals surface area contributed by atoms with E-state index in [0.717, 1.165) is 12.0 Å². The number of carbonyl (C=O) groups is 1. The van der Waals surface area contributed by atoms with Gasteiger partial charge in [-0.1, -0.05) is 49.4 Å². The van der Waals surface area contributed by atoms with Crippen LogP contribution in [0.3, 0.4) is 0 Å². The standard InChI is InChI=1S/C21H26N2O3S/c1-3-18(16-10-6-5-7-11-16)22-21(27)23-20(24)17-12-8-9-13-19(17)26-15-14-25-4-2/h5-13,18H,3-4,14-15H2,1-2H3,(H2,22,23,24,27). The number of para-hydroxylation sites is 1. The summed E-state index contributed by atoms with van der Waals surface area (Å²) in [6, 6.07) is 17.1. The van der Waals surface area contributed by atoms with E-state index >= 15 is 0 Å². The van der Waals surface area contributed by atoms with Gasteiger partial charge in [0.1, 0.15) is 12.4 Å². The molecular formula is C21H26N2O3S. The van der Waals surface area contributed by atoms with Crippen LogP contribution in [0.2, 0.25) is 0 Å². The summed E-state index contributed by atoms with van der Waals surface area (Å²) < 4.78 is 10.9. The van der Waals surface area contributed by atoms with E-state index in [1.165, 1.54) is 0 Å². The van der Waals surface area contributed by atoms with E-state index < -0.39 is 0 Å². The maximum absolute atomic E-state index is 12.6. The van der Waals surface area contributed by atoms with E-state index in [9.17, 15) is 4.79 Å². The lowest BCUT2D eigenvalue weighted by molar-refractivity contribution is 0.0957. The molecule has 0 fully saturated rings. The van der Waals surface area contributed by atoms with Gasteiger partial charge in [-0.05, 0) is 43.3 Å². The summed E-state index contributed by atoms with van der Waals surface area (Å²) in [6.07, 6.45) is 0.844. The monoisotopic (exact) mass is 386 g/mol. The molecule has 0 spiro atoms. The van der Waals surface area contributed by atoms with Gasteiger partial charge in [0.2, 0.25) is 0 Å². The van der Waals surface area contributed by atoms with Crippen molar-refractivity contribution < 1.29 is 14.3 Å². The van der Waals surface area contributed by atoms with E-state index in [1.54, 1.807) is 18.2 Å². The first-order valence-electron chi connectivity index (χ1n) is 9.12. The highest BCUT2D eigenvalue weighted by atomic mass is 32.1. The zero-order valence-electron chi connectivity index (χ0n) is 15.7. The Bertz CT molecular complexity index is 737. The minimum Gasteiger partial charge on any atom is -0.490 e. The molecule has 27 heavy (non-hydrogen) atoms. The lowest BCUT2D eigenvalue weighted by Crippen LogP contribution is -2.41. The van der Waals surface area contributed by atoms with Crippen molar-refractivity contribution in [2.45, 2.75) is 26.3 Å². The Labute approximate surface area is 166 Å². The van der Waals surface area contributed by atoms with Gasteiger partial charge >= 0.3 is 0 Å². The number of amides is 1. The van der Waals surface area contributed by atoms with Gasteiger partial charge in [0, 0.05) is 6.61 Å². The summed E-state index contributed by atoms with van der Waals surface area (Å²) in [5, 5.41) is 6.24. The van der Waals surface area contributed by atoms with Gasteiger partial charge in [-0.2, -0.15) is 0 Å². The van der Waals surface area contributed by atoms with Crippen molar-refractivity contribution >= 4 is 23.2 Å². The molecule has 1 atom stereocenters. The fraction of sp³-hybridized carbons (Fsp3) is 0.333. The van der Waals surface area contributed by atoms with E-state index in [0.29, 0.717) is 36.2 Å². The van der Waals surface area contributed by atoms with Gasteiger partial charge in [0.15, 0.2) is 5.11 Å². The molecule has 1 amide bonds. The quantitative estimate of drug-likeness (QED) is 0.506. The third-order valence-corrected chi connectivity index (χ3v) is 4.18. The largest absolute Gasteiger partial charge is 0.490 e. The van der Waals surface area contributed by atoms with Gasteiger partial charge in [0.05, 0.1) is 18.2 Å². The molecule has 2 N–H and O–H groups in total. The normalized spacial score (nSPS) is 11.5. The molecule has 2 rings (SSSR count). The number of carbonyl (C=O) groups excluding carboxylic acids is 1. The van der Waals surface area contributed by atoms with Gasteiger partial charge in [-0.25, -0.2) is 0 Å². The van der Waals surface area contributed by atoms with Crippen molar-refractivity contribution in [2.24, 2.45) is 0 Å². The first-order valence-corrected chi connectivity index (χ1v) is 9.52. The smallest absolute Gasteiger partial charge is 0.261 e. The average molecular weight is 387 g/mol. The highest BCUT2D eigenvalue weighted by Crippen LogP contribution is 2.18. The molecule has 2 aromatic carbocycles. The predicted molar refractivity (Wildman–Crippen MR) is 111 cm³/mol. The van der Waals surface area contributed by atoms with Crippen LogP contribution < -0.4 is 15.4 Å². The molecule has 0 aliphatic rings. The highest BCUT2D eigenvalue weighted by Gasteiger charge is 2.16. The first kappa shape index (κ1) is 20.9. The van der Waals surface area contributed by atoms with Crippen LogP contribution in [0.15, 0.2) is 54.6 Å². The molecule has 0 radical (unpaired) electrons. The van der Waals surface area contributed by atoms with E-state index in [2.05, 4.69) is 17.6 Å². The molecule has 0 aromatic heterocycles. The van der Waals surface area contributed by atoms with Gasteiger partial charge in [0.25, 0.3) is 5.91 Å². The summed E-state index contributed by atoms with van der Waals surface area (Å²) in [5.41, 5.74) is 1.56. The molecular weight excluding hydrogens is 360 g/mol. The maximum Gasteiger partial charge on any atom is 0.261 e. The number of hydrogen-bond donors (Lipinski definition) is 2. The zero-order chi connectivity index (χ0) is 19.5. The van der Waals surface area contributed by atoms with Crippen LogP contribution in [0, 0.1) is 0 Å². The van der Waals surface area contributed by atoms with E-state index in [4.69, 9.17) is 21.7 Å². The van der Waals surface area contributed by atoms with Crippen LogP contribution in [0.1, 0.15) is 42.2 Å². The van der Waals surface area contributed by atoms with Crippen LogP contribution in [0.5, 0.6) is 5.75 Å². The number of nitrogens with one attached hydrogen (secondary N) is 2. The van der Waals surface area contributed by atoms with Crippen LogP contribution in [-0.2, 0) is 4.74 Å². The molecule has 0 aliphatic heterocycles. The molecule has 144 valence electrons. The minimum atomic E-state index is -0.303. The molecule has 0 saturated carbocycles. The van der Waals surface area contributed by atoms with Gasteiger partial charge in [-0.3, -0.25) is 10.1 Å². The Hall–Kier alpha value is -2.44. The summed E-state index contributed by atoms with van der Waals surface area (Å²) in [5.74, 6) is 0.204. The molecule has 0 bridgehead atoms. The summed E-state index contributed by atoms with van der Waals surface area (Å²) in [6.45, 7) is 5.48. The van der Waals surface area contributed by atoms with Crippen LogP contribution in [0.4, 0.5) is 0 Å². The van der Waals surface area contributed by atoms with Crippen LogP contribution >= 0.6 is 12.2 Å². The Morgan fingerprint density at radius 2 is 1.74 bits per heavy atom. The fourth-order valence-corrected chi connectivity index (χ4v) is 2.84. The van der Waals surface area contributed by atoms with Crippen molar-refractivity contribution in [3.63, 3.8) is 0 Å². The topological polar surface area (TPSA) is 59.6 Å². The van der Waals surface area contributed by atoms with Gasteiger partial charge in [-0.15, -0.1) is 0 Å². The second-order valence-corrected chi connectivity index (χ2v) is 6.25. The maximum atomic E-state index is 12.6. The number of hydrogen-bond acceptors (Lipinski definition) is 4. The Morgan fingerprint density at radius 1 is 1.04 bits per heavy atom. The number of rotatable bonds is 9. The van der Waals surface area contributed by atoms with Crippen molar-refractivity contribution in [1.82, 2.24) is 10.6 Å². The Kier molecular flexibility index (Phi) is 8.74. The predicted octanol–water partition coefficient (Wildman–Crippen LogP) is 3.86. The highest BCUT2D eigenvalue weighted by molar-refractivity contribution is 7.80. The lowest BCUT2D eigenvalue weighted by Gasteiger charge is -2.20. The van der Waals surface area contributed by atoms with Crippen molar-refractivity contribution in [3.8, 4) is 5.75 Å². The van der Waals surface area contributed by atoms with Gasteiger partial charge < -0.3 is 14.8 Å². The van der Waals surface area contributed by atoms with Crippen molar-refractivity contribution in [1.29, 1.82) is 0 Å². The number of thiocarbonyl (C=S) groups is 1. The van der Waals surface area contributed by atoms with Crippen LogP contribution in [0.25, 0.3) is 0 Å². The third-order valence-electron chi connectivity index (χ3n) is 3.96. The summed E-state index contributed by atoms with van der Waals surface area (Å²) in [7, 11) is 0. The van der Waals surface area contributed by atoms with Crippen LogP contribution in [-0.4, -0.2) is 30.8 Å². The number of ether oxygens (including phenoxy) is 2. The zero-order valence-corrected chi connectivity index (χ0v) is 16.6. The summed E-state index contributed by atoms with van der Waals surface area (Å²) in [4.78, 5) is 12.6. The van der Waals surface area contributed by atoms with Crippen molar-refractivity contribution in [3.05, 3.63) is 65.7 Å². The second kappa shape index (κ2) is 11.3. The third kappa shape index (κ3) is 6.66. The molecule has 0 saturated heterocycles. The molecule has 5 nitrogen and oxygen atoms in total. The Balaban J connectivity index is 1.97. The second-order valence-electron chi connectivity index (χ2n) is 5.84. The minimum absolute atomic E-state index is 0.0386. The summed E-state index contributed by atoms with van der Waals surface area (Å²) >= 11 is 5.33. The average Bonchev–Trinajstić information content (AvgIpc) is 2.70. The molecule has 0 heterocycles. The van der Waals surface area contributed by atoms with Crippen molar-refractivity contribution in [2.75, 3.05) is 19.8 Å². The SMILES string of the molecule is CCOCCOc1ccccc1C(=O)NC(=S)NC(CC)c1ccccc1. The Morgan fingerprint density at radius 3 is 2.44 bits per heavy atom. The first-order chi connectivity index (χ1) is 13.2. The molecule has 1 unspecified atom stereocenters. The van der Waals surface area contributed by atoms with E-state index in [1.807, 2.05) is 43.3 Å².